The van der Waals surface area contributed by atoms with Crippen molar-refractivity contribution in [3.8, 4) is 5.75 Å². The molecular weight excluding hydrogens is 308 g/mol. The van der Waals surface area contributed by atoms with Gasteiger partial charge in [0.2, 0.25) is 0 Å². The molecule has 19 heavy (non-hydrogen) atoms. The van der Waals surface area contributed by atoms with Gasteiger partial charge in [0.25, 0.3) is 0 Å². The van der Waals surface area contributed by atoms with E-state index in [2.05, 4.69) is 45.5 Å². The highest BCUT2D eigenvalue weighted by Crippen LogP contribution is 2.28. The topological polar surface area (TPSA) is 47.3 Å². The fourth-order valence-electron chi connectivity index (χ4n) is 1.83. The Kier molecular flexibility index (Phi) is 4.61. The average molecular weight is 325 g/mol. The molecule has 0 fully saturated rings. The lowest BCUT2D eigenvalue weighted by Gasteiger charge is -2.14. The molecule has 1 unspecified atom stereocenters. The molecule has 2 aromatic rings. The number of halogens is 1. The van der Waals surface area contributed by atoms with Gasteiger partial charge in [-0.25, -0.2) is 0 Å². The van der Waals surface area contributed by atoms with Crippen LogP contribution in [0.5, 0.6) is 5.75 Å². The van der Waals surface area contributed by atoms with E-state index in [-0.39, 0.29) is 6.04 Å². The fraction of sp³-hybridized carbons (Fsp3) is 0.357. The lowest BCUT2D eigenvalue weighted by atomic mass is 10.1. The first-order chi connectivity index (χ1) is 9.10. The van der Waals surface area contributed by atoms with Gasteiger partial charge in [0, 0.05) is 18.7 Å². The van der Waals surface area contributed by atoms with Crippen LogP contribution in [0, 0.1) is 6.92 Å². The van der Waals surface area contributed by atoms with Gasteiger partial charge in [-0.15, -0.1) is 0 Å². The largest absolute Gasteiger partial charge is 0.496 e. The molecule has 1 atom stereocenters. The normalized spacial score (nSPS) is 12.4. The van der Waals surface area contributed by atoms with Crippen LogP contribution in [0.25, 0.3) is 0 Å². The minimum absolute atomic E-state index is 0.221. The number of methoxy groups -OCH3 is 1. The zero-order chi connectivity index (χ0) is 13.8. The lowest BCUT2D eigenvalue weighted by Crippen LogP contribution is -2.18. The summed E-state index contributed by atoms with van der Waals surface area (Å²) in [5, 5.41) is 7.37. The number of hydrogen-bond acceptors (Lipinski definition) is 4. The maximum atomic E-state index is 5.22. The van der Waals surface area contributed by atoms with Crippen molar-refractivity contribution < 1.29 is 9.26 Å². The first-order valence-corrected chi connectivity index (χ1v) is 6.88. The summed E-state index contributed by atoms with van der Waals surface area (Å²) in [6, 6.07) is 8.22. The molecule has 2 rings (SSSR count). The second-order valence-electron chi connectivity index (χ2n) is 4.43. The number of benzene rings is 1. The second kappa shape index (κ2) is 6.21. The van der Waals surface area contributed by atoms with Crippen molar-refractivity contribution in [3.05, 3.63) is 45.8 Å². The van der Waals surface area contributed by atoms with E-state index in [0.717, 1.165) is 21.7 Å². The second-order valence-corrected chi connectivity index (χ2v) is 5.28. The summed E-state index contributed by atoms with van der Waals surface area (Å²) in [4.78, 5) is 0. The maximum Gasteiger partial charge on any atom is 0.133 e. The Labute approximate surface area is 121 Å². The molecule has 0 saturated carbocycles. The van der Waals surface area contributed by atoms with Crippen molar-refractivity contribution >= 4 is 15.9 Å². The van der Waals surface area contributed by atoms with Crippen molar-refractivity contribution in [1.29, 1.82) is 0 Å². The van der Waals surface area contributed by atoms with Gasteiger partial charge >= 0.3 is 0 Å². The van der Waals surface area contributed by atoms with Crippen LogP contribution in [-0.2, 0) is 6.54 Å². The molecule has 5 heteroatoms. The number of ether oxygens (including phenoxy) is 1. The van der Waals surface area contributed by atoms with Crippen molar-refractivity contribution in [2.45, 2.75) is 26.4 Å². The molecule has 0 radical (unpaired) electrons. The van der Waals surface area contributed by atoms with Gasteiger partial charge in [-0.2, -0.15) is 0 Å². The number of nitrogens with one attached hydrogen (secondary N) is 1. The molecular formula is C14H17BrN2O2. The van der Waals surface area contributed by atoms with Crippen LogP contribution >= 0.6 is 15.9 Å². The van der Waals surface area contributed by atoms with Crippen LogP contribution in [0.2, 0.25) is 0 Å². The summed E-state index contributed by atoms with van der Waals surface area (Å²) in [5.74, 6) is 1.67. The zero-order valence-electron chi connectivity index (χ0n) is 11.2. The Morgan fingerprint density at radius 1 is 1.42 bits per heavy atom. The maximum absolute atomic E-state index is 5.22. The number of rotatable bonds is 5. The van der Waals surface area contributed by atoms with E-state index in [4.69, 9.17) is 9.26 Å². The quantitative estimate of drug-likeness (QED) is 0.912. The van der Waals surface area contributed by atoms with Crippen LogP contribution < -0.4 is 10.1 Å². The van der Waals surface area contributed by atoms with Crippen LogP contribution in [0.1, 0.15) is 30.0 Å². The van der Waals surface area contributed by atoms with Gasteiger partial charge in [0.15, 0.2) is 0 Å². The number of nitrogens with zero attached hydrogens (tertiary/aromatic N) is 1. The van der Waals surface area contributed by atoms with E-state index in [9.17, 15) is 0 Å². The third kappa shape index (κ3) is 3.58. The molecule has 0 aliphatic carbocycles. The van der Waals surface area contributed by atoms with E-state index in [1.807, 2.05) is 19.1 Å². The first-order valence-electron chi connectivity index (χ1n) is 6.09. The highest BCUT2D eigenvalue weighted by atomic mass is 79.9. The number of hydrogen-bond donors (Lipinski definition) is 1. The van der Waals surface area contributed by atoms with Crippen LogP contribution in [0.15, 0.2) is 33.3 Å². The highest BCUT2D eigenvalue weighted by Gasteiger charge is 2.09. The number of aromatic nitrogens is 1. The molecule has 0 amide bonds. The van der Waals surface area contributed by atoms with Gasteiger partial charge in [0.1, 0.15) is 11.5 Å². The monoisotopic (exact) mass is 324 g/mol. The number of aryl methyl sites for hydroxylation is 1. The predicted molar refractivity (Wildman–Crippen MR) is 77.2 cm³/mol. The lowest BCUT2D eigenvalue weighted by molar-refractivity contribution is 0.386. The van der Waals surface area contributed by atoms with Crippen molar-refractivity contribution in [1.82, 2.24) is 10.5 Å². The molecule has 4 nitrogen and oxygen atoms in total. The summed E-state index contributed by atoms with van der Waals surface area (Å²) in [7, 11) is 1.66. The average Bonchev–Trinajstić information content (AvgIpc) is 2.81. The fourth-order valence-corrected chi connectivity index (χ4v) is 2.39. The zero-order valence-corrected chi connectivity index (χ0v) is 12.8. The van der Waals surface area contributed by atoms with Crippen molar-refractivity contribution in [3.63, 3.8) is 0 Å². The molecule has 0 aliphatic heterocycles. The Bertz CT molecular complexity index is 554. The first kappa shape index (κ1) is 14.1. The van der Waals surface area contributed by atoms with E-state index in [0.29, 0.717) is 6.54 Å². The standard InChI is InChI=1S/C14H17BrN2O2/c1-9-6-12(17-19-9)8-16-10(2)11-4-5-14(18-3)13(15)7-11/h4-7,10,16H,8H2,1-3H3. The molecule has 0 bridgehead atoms. The summed E-state index contributed by atoms with van der Waals surface area (Å²) in [6.45, 7) is 4.68. The summed E-state index contributed by atoms with van der Waals surface area (Å²) in [6.07, 6.45) is 0. The van der Waals surface area contributed by atoms with Gasteiger partial charge in [0.05, 0.1) is 17.3 Å². The highest BCUT2D eigenvalue weighted by molar-refractivity contribution is 9.10. The Morgan fingerprint density at radius 2 is 2.21 bits per heavy atom. The summed E-state index contributed by atoms with van der Waals surface area (Å²) in [5.41, 5.74) is 2.10. The van der Waals surface area contributed by atoms with E-state index < -0.39 is 0 Å². The Hall–Kier alpha value is -1.33. The van der Waals surface area contributed by atoms with Crippen molar-refractivity contribution in [2.75, 3.05) is 7.11 Å². The molecule has 0 saturated heterocycles. The van der Waals surface area contributed by atoms with Crippen LogP contribution in [-0.4, -0.2) is 12.3 Å². The molecule has 1 aromatic heterocycles. The molecule has 0 spiro atoms. The van der Waals surface area contributed by atoms with E-state index in [1.54, 1.807) is 7.11 Å². The van der Waals surface area contributed by atoms with Gasteiger partial charge in [-0.05, 0) is 47.5 Å². The van der Waals surface area contributed by atoms with Gasteiger partial charge in [-0.3, -0.25) is 0 Å². The third-order valence-electron chi connectivity index (χ3n) is 2.94. The van der Waals surface area contributed by atoms with E-state index in [1.165, 1.54) is 5.56 Å². The smallest absolute Gasteiger partial charge is 0.133 e. The Morgan fingerprint density at radius 3 is 2.79 bits per heavy atom. The molecule has 102 valence electrons. The summed E-state index contributed by atoms with van der Waals surface area (Å²) >= 11 is 3.49. The van der Waals surface area contributed by atoms with Crippen molar-refractivity contribution in [2.24, 2.45) is 0 Å². The minimum Gasteiger partial charge on any atom is -0.496 e. The third-order valence-corrected chi connectivity index (χ3v) is 3.56. The van der Waals surface area contributed by atoms with Gasteiger partial charge < -0.3 is 14.6 Å². The van der Waals surface area contributed by atoms with Gasteiger partial charge in [-0.1, -0.05) is 11.2 Å². The molecule has 1 aromatic carbocycles. The van der Waals surface area contributed by atoms with E-state index >= 15 is 0 Å². The Balaban J connectivity index is 1.99. The summed E-state index contributed by atoms with van der Waals surface area (Å²) < 4.78 is 11.2. The molecule has 1 heterocycles. The minimum atomic E-state index is 0.221. The SMILES string of the molecule is COc1ccc(C(C)NCc2cc(C)on2)cc1Br. The predicted octanol–water partition coefficient (Wildman–Crippen LogP) is 3.60. The van der Waals surface area contributed by atoms with Crippen LogP contribution in [0.4, 0.5) is 0 Å². The molecule has 1 N–H and O–H groups in total. The molecule has 0 aliphatic rings. The van der Waals surface area contributed by atoms with Crippen LogP contribution in [0.3, 0.4) is 0 Å².